The molecule has 2 aromatic carbocycles. The Morgan fingerprint density at radius 1 is 1.10 bits per heavy atom. The molecule has 39 heavy (non-hydrogen) atoms. The van der Waals surface area contributed by atoms with E-state index in [2.05, 4.69) is 26.8 Å². The number of fused-ring (bicyclic) bond motifs is 1. The fourth-order valence-electron chi connectivity index (χ4n) is 4.67. The maximum atomic E-state index is 12.9. The minimum absolute atomic E-state index is 0.222. The fourth-order valence-corrected chi connectivity index (χ4v) is 7.00. The number of hydrogen-bond donors (Lipinski definition) is 2. The van der Waals surface area contributed by atoms with E-state index in [1.165, 1.54) is 11.3 Å². The highest BCUT2D eigenvalue weighted by Crippen LogP contribution is 2.34. The number of benzene rings is 2. The van der Waals surface area contributed by atoms with E-state index in [9.17, 15) is 8.42 Å². The van der Waals surface area contributed by atoms with Crippen molar-refractivity contribution in [1.82, 2.24) is 19.6 Å². The van der Waals surface area contributed by atoms with Gasteiger partial charge in [0, 0.05) is 35.3 Å². The Balaban J connectivity index is 1.32. The number of anilines is 2. The van der Waals surface area contributed by atoms with Crippen molar-refractivity contribution in [2.75, 3.05) is 25.0 Å². The number of rotatable bonds is 8. The van der Waals surface area contributed by atoms with Gasteiger partial charge in [-0.25, -0.2) is 23.1 Å². The molecule has 8 nitrogen and oxygen atoms in total. The monoisotopic (exact) mass is 565 g/mol. The van der Waals surface area contributed by atoms with E-state index in [0.29, 0.717) is 5.95 Å². The maximum Gasteiger partial charge on any atom is 0.241 e. The van der Waals surface area contributed by atoms with Gasteiger partial charge >= 0.3 is 0 Å². The smallest absolute Gasteiger partial charge is 0.241 e. The van der Waals surface area contributed by atoms with E-state index in [1.807, 2.05) is 56.5 Å². The molecule has 0 bridgehead atoms. The molecule has 3 heterocycles. The minimum Gasteiger partial charge on any atom is -0.490 e. The number of nitrogens with zero attached hydrogens (tertiary/aromatic N) is 3. The molecule has 2 N–H and O–H groups in total. The Hall–Kier alpha value is -3.05. The number of aromatic nitrogens is 2. The normalized spacial score (nSPS) is 15.5. The maximum absolute atomic E-state index is 12.9. The zero-order chi connectivity index (χ0) is 27.6. The lowest BCUT2D eigenvalue weighted by Crippen LogP contribution is -2.40. The average molecular weight is 566 g/mol. The predicted molar refractivity (Wildman–Crippen MR) is 158 cm³/mol. The van der Waals surface area contributed by atoms with Gasteiger partial charge in [-0.1, -0.05) is 19.1 Å². The van der Waals surface area contributed by atoms with Crippen molar-refractivity contribution in [2.45, 2.75) is 57.1 Å². The van der Waals surface area contributed by atoms with Crippen molar-refractivity contribution in [1.29, 1.82) is 0 Å². The summed E-state index contributed by atoms with van der Waals surface area (Å²) in [6, 6.07) is 14.8. The number of likely N-dealkylation sites (tertiary alicyclic amines) is 1. The third-order valence-corrected chi connectivity index (χ3v) is 9.27. The van der Waals surface area contributed by atoms with Gasteiger partial charge in [0.2, 0.25) is 16.0 Å². The molecule has 1 fully saturated rings. The Morgan fingerprint density at radius 2 is 1.85 bits per heavy atom. The summed E-state index contributed by atoms with van der Waals surface area (Å²) >= 11 is 1.53. The molecule has 206 valence electrons. The van der Waals surface area contributed by atoms with Crippen LogP contribution in [0.4, 0.5) is 11.6 Å². The predicted octanol–water partition coefficient (Wildman–Crippen LogP) is 6.04. The molecule has 2 aromatic heterocycles. The molecule has 0 amide bonds. The summed E-state index contributed by atoms with van der Waals surface area (Å²) in [7, 11) is -3.65. The zero-order valence-electron chi connectivity index (χ0n) is 22.8. The molecule has 4 aromatic rings. The first kappa shape index (κ1) is 27.5. The number of ether oxygens (including phenoxy) is 1. The standard InChI is InChI=1S/C29H35N5O3S2/c1-5-34-15-13-23(14-16-34)37-22-11-9-21(10-12-22)31-28-30-18-26-27(32-28)25(19-38-26)20-7-6-8-24(17-20)39(35,36)33-29(2,3)4/h6-12,17-19,23,33H,5,13-16H2,1-4H3,(H,30,31,32). The molecule has 1 aliphatic rings. The van der Waals surface area contributed by atoms with Gasteiger partial charge in [0.05, 0.1) is 21.3 Å². The lowest BCUT2D eigenvalue weighted by atomic mass is 10.1. The van der Waals surface area contributed by atoms with Gasteiger partial charge < -0.3 is 15.0 Å². The van der Waals surface area contributed by atoms with Crippen LogP contribution in [0.15, 0.2) is 65.0 Å². The highest BCUT2D eigenvalue weighted by Gasteiger charge is 2.23. The van der Waals surface area contributed by atoms with Crippen molar-refractivity contribution in [3.63, 3.8) is 0 Å². The Bertz CT molecular complexity index is 1540. The molecular formula is C29H35N5O3S2. The third-order valence-electron chi connectivity index (χ3n) is 6.60. The molecule has 0 saturated carbocycles. The van der Waals surface area contributed by atoms with Crippen molar-refractivity contribution in [2.24, 2.45) is 0 Å². The van der Waals surface area contributed by atoms with Gasteiger partial charge in [0.1, 0.15) is 11.9 Å². The summed E-state index contributed by atoms with van der Waals surface area (Å²) < 4.78 is 35.6. The van der Waals surface area contributed by atoms with Gasteiger partial charge in [-0.2, -0.15) is 0 Å². The molecular weight excluding hydrogens is 530 g/mol. The lowest BCUT2D eigenvalue weighted by Gasteiger charge is -2.31. The van der Waals surface area contributed by atoms with Gasteiger partial charge in [-0.05, 0) is 82.1 Å². The molecule has 1 aliphatic heterocycles. The van der Waals surface area contributed by atoms with Crippen LogP contribution in [0.3, 0.4) is 0 Å². The van der Waals surface area contributed by atoms with E-state index in [1.54, 1.807) is 24.4 Å². The molecule has 0 spiro atoms. The Kier molecular flexibility index (Phi) is 7.91. The molecule has 0 atom stereocenters. The molecule has 0 unspecified atom stereocenters. The second-order valence-corrected chi connectivity index (χ2v) is 13.4. The van der Waals surface area contributed by atoms with Crippen LogP contribution in [-0.2, 0) is 10.0 Å². The molecule has 10 heteroatoms. The topological polar surface area (TPSA) is 96.5 Å². The molecule has 0 radical (unpaired) electrons. The molecule has 0 aliphatic carbocycles. The third kappa shape index (κ3) is 6.75. The van der Waals surface area contributed by atoms with Gasteiger partial charge in [0.25, 0.3) is 0 Å². The van der Waals surface area contributed by atoms with Crippen molar-refractivity contribution in [3.05, 3.63) is 60.1 Å². The average Bonchev–Trinajstić information content (AvgIpc) is 3.32. The fraction of sp³-hybridized carbons (Fsp3) is 0.379. The highest BCUT2D eigenvalue weighted by molar-refractivity contribution is 7.89. The largest absolute Gasteiger partial charge is 0.490 e. The van der Waals surface area contributed by atoms with Crippen LogP contribution in [-0.4, -0.2) is 54.6 Å². The lowest BCUT2D eigenvalue weighted by molar-refractivity contribution is 0.104. The SMILES string of the molecule is CCN1CCC(Oc2ccc(Nc3ncc4scc(-c5cccc(S(=O)(=O)NC(C)(C)C)c5)c4n3)cc2)CC1. The zero-order valence-corrected chi connectivity index (χ0v) is 24.4. The van der Waals surface area contributed by atoms with Crippen LogP contribution in [0, 0.1) is 0 Å². The van der Waals surface area contributed by atoms with Gasteiger partial charge in [-0.3, -0.25) is 0 Å². The number of sulfonamides is 1. The Labute approximate surface area is 234 Å². The number of hydrogen-bond acceptors (Lipinski definition) is 8. The molecule has 1 saturated heterocycles. The summed E-state index contributed by atoms with van der Waals surface area (Å²) in [5.41, 5.74) is 2.71. The number of nitrogens with one attached hydrogen (secondary N) is 2. The number of thiophene rings is 1. The van der Waals surface area contributed by atoms with Crippen molar-refractivity contribution < 1.29 is 13.2 Å². The first-order chi connectivity index (χ1) is 18.6. The van der Waals surface area contributed by atoms with E-state index in [-0.39, 0.29) is 11.0 Å². The Morgan fingerprint density at radius 3 is 2.54 bits per heavy atom. The van der Waals surface area contributed by atoms with Crippen LogP contribution < -0.4 is 14.8 Å². The van der Waals surface area contributed by atoms with Crippen molar-refractivity contribution in [3.8, 4) is 16.9 Å². The first-order valence-corrected chi connectivity index (χ1v) is 15.6. The van der Waals surface area contributed by atoms with Gasteiger partial charge in [-0.15, -0.1) is 11.3 Å². The van der Waals surface area contributed by atoms with Crippen LogP contribution in [0.2, 0.25) is 0 Å². The van der Waals surface area contributed by atoms with Gasteiger partial charge in [0.15, 0.2) is 0 Å². The summed E-state index contributed by atoms with van der Waals surface area (Å²) in [6.45, 7) is 10.9. The summed E-state index contributed by atoms with van der Waals surface area (Å²) in [5, 5.41) is 5.27. The van der Waals surface area contributed by atoms with Crippen LogP contribution in [0.5, 0.6) is 5.75 Å². The van der Waals surface area contributed by atoms with E-state index in [0.717, 1.165) is 65.3 Å². The van der Waals surface area contributed by atoms with Crippen molar-refractivity contribution >= 4 is 43.2 Å². The van der Waals surface area contributed by atoms with E-state index < -0.39 is 15.6 Å². The first-order valence-electron chi connectivity index (χ1n) is 13.2. The summed E-state index contributed by atoms with van der Waals surface area (Å²) in [4.78, 5) is 11.9. The summed E-state index contributed by atoms with van der Waals surface area (Å²) in [5.74, 6) is 1.34. The second-order valence-electron chi connectivity index (χ2n) is 10.8. The van der Waals surface area contributed by atoms with Crippen LogP contribution >= 0.6 is 11.3 Å². The van der Waals surface area contributed by atoms with Crippen LogP contribution in [0.25, 0.3) is 21.3 Å². The van der Waals surface area contributed by atoms with E-state index in [4.69, 9.17) is 9.72 Å². The molecule has 5 rings (SSSR count). The van der Waals surface area contributed by atoms with E-state index >= 15 is 0 Å². The highest BCUT2D eigenvalue weighted by atomic mass is 32.2. The minimum atomic E-state index is -3.65. The summed E-state index contributed by atoms with van der Waals surface area (Å²) in [6.07, 6.45) is 4.15. The number of piperidine rings is 1. The van der Waals surface area contributed by atoms with Crippen LogP contribution in [0.1, 0.15) is 40.5 Å². The second kappa shape index (κ2) is 11.2. The quantitative estimate of drug-likeness (QED) is 0.269.